The molecule has 0 aliphatic heterocycles. The van der Waals surface area contributed by atoms with Gasteiger partial charge in [-0.25, -0.2) is 4.79 Å². The van der Waals surface area contributed by atoms with Crippen molar-refractivity contribution in [1.29, 1.82) is 0 Å². The number of ether oxygens (including phenoxy) is 1. The smallest absolute Gasteiger partial charge is 0.334 e. The lowest BCUT2D eigenvalue weighted by atomic mass is 10.2. The van der Waals surface area contributed by atoms with Crippen LogP contribution in [-0.4, -0.2) is 41.7 Å². The van der Waals surface area contributed by atoms with Crippen LogP contribution in [0.15, 0.2) is 18.2 Å². The first-order valence-electron chi connectivity index (χ1n) is 5.34. The fraction of sp³-hybridized carbons (Fsp3) is 0.273. The number of carbonyl (C=O) groups is 2. The number of amides is 1. The summed E-state index contributed by atoms with van der Waals surface area (Å²) >= 11 is 0. The van der Waals surface area contributed by atoms with E-state index in [1.165, 1.54) is 0 Å². The fourth-order valence-electron chi connectivity index (χ4n) is 1.35. The molecule has 2 N–H and O–H groups in total. The zero-order valence-electron chi connectivity index (χ0n) is 10.3. The van der Waals surface area contributed by atoms with Gasteiger partial charge >= 0.3 is 11.7 Å². The minimum Gasteiger partial charge on any atom is -0.479 e. The van der Waals surface area contributed by atoms with Crippen molar-refractivity contribution in [3.63, 3.8) is 0 Å². The Balaban J connectivity index is 2.80. The maximum atomic E-state index is 13.1. The van der Waals surface area contributed by atoms with E-state index in [0.717, 1.165) is 25.3 Å². The molecule has 1 aromatic carbocycles. The van der Waals surface area contributed by atoms with Gasteiger partial charge in [0.15, 0.2) is 6.10 Å². The number of nitrogens with one attached hydrogen (secondary N) is 1. The minimum absolute atomic E-state index is 0.154. The number of rotatable bonds is 6. The second-order valence-electron chi connectivity index (χ2n) is 3.70. The number of carboxylic acid groups (broad SMARTS) is 1. The number of nitrogens with zero attached hydrogens (tertiary/aromatic N) is 1. The second kappa shape index (κ2) is 6.57. The van der Waals surface area contributed by atoms with E-state index in [2.05, 4.69) is 10.1 Å². The molecule has 108 valence electrons. The molecular formula is C11H11FN2O6. The highest BCUT2D eigenvalue weighted by Gasteiger charge is 2.20. The highest BCUT2D eigenvalue weighted by molar-refractivity contribution is 5.95. The number of benzene rings is 1. The first kappa shape index (κ1) is 15.5. The van der Waals surface area contributed by atoms with Gasteiger partial charge in [0.2, 0.25) is 5.82 Å². The molecule has 0 aliphatic carbocycles. The summed E-state index contributed by atoms with van der Waals surface area (Å²) in [5.41, 5.74) is -0.988. The second-order valence-corrected chi connectivity index (χ2v) is 3.70. The zero-order valence-corrected chi connectivity index (χ0v) is 10.3. The van der Waals surface area contributed by atoms with Gasteiger partial charge in [-0.1, -0.05) is 0 Å². The summed E-state index contributed by atoms with van der Waals surface area (Å²) in [5, 5.41) is 21.5. The Bertz CT molecular complexity index is 548. The largest absolute Gasteiger partial charge is 0.479 e. The number of nitro benzene ring substituents is 1. The van der Waals surface area contributed by atoms with Gasteiger partial charge in [0.1, 0.15) is 0 Å². The lowest BCUT2D eigenvalue weighted by molar-refractivity contribution is -0.387. The van der Waals surface area contributed by atoms with Gasteiger partial charge in [-0.3, -0.25) is 14.9 Å². The zero-order chi connectivity index (χ0) is 15.3. The van der Waals surface area contributed by atoms with Crippen LogP contribution in [0.25, 0.3) is 0 Å². The molecule has 0 fully saturated rings. The maximum Gasteiger partial charge on any atom is 0.334 e. The molecular weight excluding hydrogens is 275 g/mol. The Morgan fingerprint density at radius 2 is 2.20 bits per heavy atom. The van der Waals surface area contributed by atoms with Gasteiger partial charge in [-0.05, 0) is 12.1 Å². The molecule has 0 bridgehead atoms. The van der Waals surface area contributed by atoms with Gasteiger partial charge in [0, 0.05) is 18.7 Å². The normalized spacial score (nSPS) is 11.7. The summed E-state index contributed by atoms with van der Waals surface area (Å²) in [6.07, 6.45) is -1.24. The highest BCUT2D eigenvalue weighted by Crippen LogP contribution is 2.18. The van der Waals surface area contributed by atoms with E-state index in [1.807, 2.05) is 0 Å². The number of methoxy groups -OCH3 is 1. The third-order valence-corrected chi connectivity index (χ3v) is 2.41. The van der Waals surface area contributed by atoms with Crippen molar-refractivity contribution in [2.45, 2.75) is 6.10 Å². The predicted molar refractivity (Wildman–Crippen MR) is 63.8 cm³/mol. The molecule has 1 atom stereocenters. The van der Waals surface area contributed by atoms with E-state index in [9.17, 15) is 24.1 Å². The Hall–Kier alpha value is -2.55. The number of hydrogen-bond acceptors (Lipinski definition) is 5. The van der Waals surface area contributed by atoms with Crippen LogP contribution in [0.4, 0.5) is 10.1 Å². The van der Waals surface area contributed by atoms with E-state index in [0.29, 0.717) is 0 Å². The molecule has 0 saturated carbocycles. The van der Waals surface area contributed by atoms with Gasteiger partial charge in [-0.2, -0.15) is 4.39 Å². The highest BCUT2D eigenvalue weighted by atomic mass is 19.1. The maximum absolute atomic E-state index is 13.1. The third-order valence-electron chi connectivity index (χ3n) is 2.41. The van der Waals surface area contributed by atoms with E-state index in [-0.39, 0.29) is 12.1 Å². The molecule has 1 unspecified atom stereocenters. The van der Waals surface area contributed by atoms with Gasteiger partial charge in [0.25, 0.3) is 5.91 Å². The number of carboxylic acids is 1. The molecule has 20 heavy (non-hydrogen) atoms. The fourth-order valence-corrected chi connectivity index (χ4v) is 1.35. The molecule has 1 aromatic rings. The van der Waals surface area contributed by atoms with Crippen LogP contribution in [-0.2, 0) is 9.53 Å². The van der Waals surface area contributed by atoms with Crippen LogP contribution in [0.2, 0.25) is 0 Å². The third kappa shape index (κ3) is 3.72. The number of hydrogen-bond donors (Lipinski definition) is 2. The molecule has 0 radical (unpaired) electrons. The first-order chi connectivity index (χ1) is 9.36. The van der Waals surface area contributed by atoms with Crippen LogP contribution in [0.3, 0.4) is 0 Å². The summed E-state index contributed by atoms with van der Waals surface area (Å²) in [6.45, 7) is -0.324. The molecule has 8 nitrogen and oxygen atoms in total. The topological polar surface area (TPSA) is 119 Å². The average molecular weight is 286 g/mol. The molecule has 1 amide bonds. The predicted octanol–water partition coefficient (Wildman–Crippen LogP) is 0.563. The van der Waals surface area contributed by atoms with Gasteiger partial charge in [-0.15, -0.1) is 0 Å². The van der Waals surface area contributed by atoms with Crippen molar-refractivity contribution < 1.29 is 28.7 Å². The Labute approximate surface area is 112 Å². The molecule has 0 spiro atoms. The van der Waals surface area contributed by atoms with E-state index in [1.54, 1.807) is 0 Å². The van der Waals surface area contributed by atoms with Crippen molar-refractivity contribution in [3.8, 4) is 0 Å². The minimum atomic E-state index is -1.27. The molecule has 0 aromatic heterocycles. The van der Waals surface area contributed by atoms with Crippen molar-refractivity contribution in [2.24, 2.45) is 0 Å². The summed E-state index contributed by atoms with van der Waals surface area (Å²) in [7, 11) is 1.16. The van der Waals surface area contributed by atoms with Crippen LogP contribution in [0.1, 0.15) is 10.4 Å². The standard InChI is InChI=1S/C11H11FN2O6/c1-20-9(11(16)17)5-13-10(15)6-2-3-7(12)8(4-6)14(18)19/h2-4,9H,5H2,1H3,(H,13,15)(H,16,17). The average Bonchev–Trinajstić information content (AvgIpc) is 2.38. The monoisotopic (exact) mass is 286 g/mol. The Morgan fingerprint density at radius 1 is 1.55 bits per heavy atom. The Kier molecular flexibility index (Phi) is 5.09. The SMILES string of the molecule is COC(CNC(=O)c1ccc(F)c([N+](=O)[O-])c1)C(=O)O. The Morgan fingerprint density at radius 3 is 2.70 bits per heavy atom. The number of halogens is 1. The summed E-state index contributed by atoms with van der Waals surface area (Å²) in [5.74, 6) is -3.10. The molecule has 1 rings (SSSR count). The summed E-state index contributed by atoms with van der Waals surface area (Å²) < 4.78 is 17.7. The van der Waals surface area contributed by atoms with Crippen LogP contribution >= 0.6 is 0 Å². The van der Waals surface area contributed by atoms with Crippen LogP contribution < -0.4 is 5.32 Å². The first-order valence-corrected chi connectivity index (χ1v) is 5.34. The van der Waals surface area contributed by atoms with E-state index < -0.39 is 34.4 Å². The van der Waals surface area contributed by atoms with Gasteiger partial charge in [0.05, 0.1) is 11.5 Å². The summed E-state index contributed by atoms with van der Waals surface area (Å²) in [4.78, 5) is 31.9. The number of aliphatic carboxylic acids is 1. The molecule has 0 saturated heterocycles. The quantitative estimate of drug-likeness (QED) is 0.582. The lowest BCUT2D eigenvalue weighted by Crippen LogP contribution is -2.37. The van der Waals surface area contributed by atoms with E-state index in [4.69, 9.17) is 5.11 Å². The van der Waals surface area contributed by atoms with E-state index >= 15 is 0 Å². The van der Waals surface area contributed by atoms with Crippen molar-refractivity contribution >= 4 is 17.6 Å². The molecule has 9 heteroatoms. The summed E-state index contributed by atoms with van der Waals surface area (Å²) in [6, 6.07) is 2.62. The number of nitro groups is 1. The lowest BCUT2D eigenvalue weighted by Gasteiger charge is -2.11. The number of carbonyl (C=O) groups excluding carboxylic acids is 1. The van der Waals surface area contributed by atoms with Gasteiger partial charge < -0.3 is 15.2 Å². The molecule has 0 aliphatic rings. The van der Waals surface area contributed by atoms with Crippen LogP contribution in [0, 0.1) is 15.9 Å². The van der Waals surface area contributed by atoms with Crippen molar-refractivity contribution in [1.82, 2.24) is 5.32 Å². The van der Waals surface area contributed by atoms with Crippen LogP contribution in [0.5, 0.6) is 0 Å². The van der Waals surface area contributed by atoms with Crippen molar-refractivity contribution in [3.05, 3.63) is 39.7 Å². The molecule has 0 heterocycles. The van der Waals surface area contributed by atoms with Crippen molar-refractivity contribution in [2.75, 3.05) is 13.7 Å².